The molecule has 3 heterocycles. The molecule has 1 atom stereocenters. The normalized spacial score (nSPS) is 11.5. The predicted molar refractivity (Wildman–Crippen MR) is 115 cm³/mol. The van der Waals surface area contributed by atoms with Gasteiger partial charge in [0, 0.05) is 53.9 Å². The third-order valence-electron chi connectivity index (χ3n) is 4.76. The topological polar surface area (TPSA) is 142 Å². The van der Waals surface area contributed by atoms with Gasteiger partial charge in [-0.1, -0.05) is 18.2 Å². The molecule has 0 spiro atoms. The smallest absolute Gasteiger partial charge is 0.272 e. The van der Waals surface area contributed by atoms with Crippen LogP contribution in [-0.2, 0) is 11.2 Å². The van der Waals surface area contributed by atoms with E-state index in [0.29, 0.717) is 5.56 Å². The number of fused-ring (bicyclic) bond motifs is 1. The largest absolute Gasteiger partial charge is 0.361 e. The fraction of sp³-hybridized carbons (Fsp3) is 0.0909. The van der Waals surface area contributed by atoms with Crippen LogP contribution in [-0.4, -0.2) is 43.7 Å². The lowest BCUT2D eigenvalue weighted by Gasteiger charge is -2.18. The molecule has 4 rings (SSSR count). The molecule has 4 N–H and O–H groups in total. The van der Waals surface area contributed by atoms with Gasteiger partial charge in [0.25, 0.3) is 17.7 Å². The number of aromatic amines is 1. The van der Waals surface area contributed by atoms with Gasteiger partial charge in [0.1, 0.15) is 11.7 Å². The zero-order chi connectivity index (χ0) is 22.3. The maximum atomic E-state index is 12.9. The maximum absolute atomic E-state index is 12.9. The Morgan fingerprint density at radius 3 is 2.50 bits per heavy atom. The van der Waals surface area contributed by atoms with E-state index in [1.165, 1.54) is 43.1 Å². The van der Waals surface area contributed by atoms with Gasteiger partial charge in [-0.2, -0.15) is 0 Å². The fourth-order valence-corrected chi connectivity index (χ4v) is 3.16. The van der Waals surface area contributed by atoms with E-state index in [1.54, 1.807) is 6.20 Å². The van der Waals surface area contributed by atoms with Gasteiger partial charge in [0.15, 0.2) is 0 Å². The van der Waals surface area contributed by atoms with Crippen LogP contribution in [0.5, 0.6) is 0 Å². The summed E-state index contributed by atoms with van der Waals surface area (Å²) in [5.74, 6) is -1.65. The van der Waals surface area contributed by atoms with Gasteiger partial charge in [-0.25, -0.2) is 4.98 Å². The SMILES string of the molecule is O=C(NNC(=O)[C@H](Cc1c[nH]c2ccccc12)NC(=O)c1cnccn1)c1ccncc1. The van der Waals surface area contributed by atoms with Crippen molar-refractivity contribution in [1.29, 1.82) is 0 Å². The molecule has 0 saturated carbocycles. The summed E-state index contributed by atoms with van der Waals surface area (Å²) in [7, 11) is 0. The minimum atomic E-state index is -0.985. The molecule has 0 aliphatic rings. The summed E-state index contributed by atoms with van der Waals surface area (Å²) in [6.45, 7) is 0. The standard InChI is InChI=1S/C22H19N7O3/c30-20(14-5-7-23-8-6-14)28-29-22(32)18(27-21(31)19-13-24-9-10-25-19)11-15-12-26-17-4-2-1-3-16(15)17/h1-10,12-13,18,26H,11H2,(H,27,31)(H,28,30)(H,29,32)/t18-/m0/s1. The van der Waals surface area contributed by atoms with E-state index >= 15 is 0 Å². The summed E-state index contributed by atoms with van der Waals surface area (Å²) in [5, 5.41) is 3.60. The summed E-state index contributed by atoms with van der Waals surface area (Å²) in [4.78, 5) is 52.6. The highest BCUT2D eigenvalue weighted by molar-refractivity contribution is 5.98. The molecule has 0 aliphatic heterocycles. The number of amides is 3. The number of pyridine rings is 1. The average Bonchev–Trinajstić information content (AvgIpc) is 3.25. The van der Waals surface area contributed by atoms with Crippen molar-refractivity contribution in [1.82, 2.24) is 36.1 Å². The van der Waals surface area contributed by atoms with Crippen LogP contribution in [0.2, 0.25) is 0 Å². The minimum absolute atomic E-state index is 0.0741. The van der Waals surface area contributed by atoms with Gasteiger partial charge in [-0.15, -0.1) is 0 Å². The summed E-state index contributed by atoms with van der Waals surface area (Å²) in [5.41, 5.74) is 6.88. The second-order valence-electron chi connectivity index (χ2n) is 6.86. The molecule has 4 aromatic rings. The van der Waals surface area contributed by atoms with Gasteiger partial charge in [-0.3, -0.25) is 35.2 Å². The number of hydrogen-bond donors (Lipinski definition) is 4. The van der Waals surface area contributed by atoms with E-state index in [2.05, 4.69) is 36.1 Å². The van der Waals surface area contributed by atoms with E-state index in [1.807, 2.05) is 24.3 Å². The molecule has 0 aliphatic carbocycles. The number of benzene rings is 1. The molecular formula is C22H19N7O3. The molecular weight excluding hydrogens is 410 g/mol. The van der Waals surface area contributed by atoms with Crippen molar-refractivity contribution in [2.24, 2.45) is 0 Å². The van der Waals surface area contributed by atoms with Crippen molar-refractivity contribution in [2.45, 2.75) is 12.5 Å². The zero-order valence-electron chi connectivity index (χ0n) is 16.8. The summed E-state index contributed by atoms with van der Waals surface area (Å²) in [6, 6.07) is 9.68. The van der Waals surface area contributed by atoms with E-state index in [4.69, 9.17) is 0 Å². The lowest BCUT2D eigenvalue weighted by atomic mass is 10.0. The Hall–Kier alpha value is -4.60. The average molecular weight is 429 g/mol. The second kappa shape index (κ2) is 9.47. The summed E-state index contributed by atoms with van der Waals surface area (Å²) < 4.78 is 0. The van der Waals surface area contributed by atoms with Crippen LogP contribution < -0.4 is 16.2 Å². The van der Waals surface area contributed by atoms with Crippen molar-refractivity contribution in [3.8, 4) is 0 Å². The molecule has 32 heavy (non-hydrogen) atoms. The van der Waals surface area contributed by atoms with Crippen LogP contribution in [0.4, 0.5) is 0 Å². The molecule has 10 nitrogen and oxygen atoms in total. The summed E-state index contributed by atoms with van der Waals surface area (Å²) >= 11 is 0. The maximum Gasteiger partial charge on any atom is 0.272 e. The number of carbonyl (C=O) groups excluding carboxylic acids is 3. The van der Waals surface area contributed by atoms with E-state index < -0.39 is 23.8 Å². The molecule has 160 valence electrons. The highest BCUT2D eigenvalue weighted by Crippen LogP contribution is 2.19. The Morgan fingerprint density at radius 2 is 1.72 bits per heavy atom. The molecule has 0 fully saturated rings. The first kappa shape index (κ1) is 20.7. The molecule has 0 radical (unpaired) electrons. The molecule has 3 aromatic heterocycles. The fourth-order valence-electron chi connectivity index (χ4n) is 3.16. The molecule has 10 heteroatoms. The van der Waals surface area contributed by atoms with Gasteiger partial charge in [0.2, 0.25) is 0 Å². The number of hydrogen-bond acceptors (Lipinski definition) is 6. The molecule has 1 aromatic carbocycles. The number of rotatable bonds is 6. The molecule has 3 amide bonds. The van der Waals surface area contributed by atoms with E-state index in [9.17, 15) is 14.4 Å². The van der Waals surface area contributed by atoms with E-state index in [0.717, 1.165) is 16.5 Å². The van der Waals surface area contributed by atoms with E-state index in [-0.39, 0.29) is 12.1 Å². The van der Waals surface area contributed by atoms with Gasteiger partial charge >= 0.3 is 0 Å². The van der Waals surface area contributed by atoms with Gasteiger partial charge in [-0.05, 0) is 23.8 Å². The van der Waals surface area contributed by atoms with Crippen LogP contribution in [0.25, 0.3) is 10.9 Å². The quantitative estimate of drug-likeness (QED) is 0.339. The highest BCUT2D eigenvalue weighted by Gasteiger charge is 2.24. The lowest BCUT2D eigenvalue weighted by Crippen LogP contribution is -2.53. The first-order valence-corrected chi connectivity index (χ1v) is 9.74. The first-order chi connectivity index (χ1) is 15.6. The lowest BCUT2D eigenvalue weighted by molar-refractivity contribution is -0.123. The highest BCUT2D eigenvalue weighted by atomic mass is 16.2. The summed E-state index contributed by atoms with van der Waals surface area (Å²) in [6.07, 6.45) is 9.05. The van der Waals surface area contributed by atoms with Crippen LogP contribution in [0.15, 0.2) is 73.6 Å². The number of hydrazine groups is 1. The third-order valence-corrected chi connectivity index (χ3v) is 4.76. The minimum Gasteiger partial charge on any atom is -0.361 e. The second-order valence-corrected chi connectivity index (χ2v) is 6.86. The van der Waals surface area contributed by atoms with Crippen LogP contribution in [0.1, 0.15) is 26.4 Å². The number of H-pyrrole nitrogens is 1. The van der Waals surface area contributed by atoms with Crippen LogP contribution in [0.3, 0.4) is 0 Å². The number of nitrogens with zero attached hydrogens (tertiary/aromatic N) is 3. The van der Waals surface area contributed by atoms with Gasteiger partial charge < -0.3 is 10.3 Å². The van der Waals surface area contributed by atoms with Crippen molar-refractivity contribution in [3.63, 3.8) is 0 Å². The molecule has 0 saturated heterocycles. The van der Waals surface area contributed by atoms with Crippen molar-refractivity contribution in [2.75, 3.05) is 0 Å². The Kier molecular flexibility index (Phi) is 6.12. The van der Waals surface area contributed by atoms with Gasteiger partial charge in [0.05, 0.1) is 6.20 Å². The van der Waals surface area contributed by atoms with Crippen molar-refractivity contribution < 1.29 is 14.4 Å². The number of para-hydroxylation sites is 1. The first-order valence-electron chi connectivity index (χ1n) is 9.74. The Morgan fingerprint density at radius 1 is 0.906 bits per heavy atom. The Labute approximate surface area is 182 Å². The molecule has 0 unspecified atom stereocenters. The third kappa shape index (κ3) is 4.75. The van der Waals surface area contributed by atoms with Crippen LogP contribution >= 0.6 is 0 Å². The Balaban J connectivity index is 1.51. The van der Waals surface area contributed by atoms with Crippen molar-refractivity contribution >= 4 is 28.6 Å². The number of aromatic nitrogens is 4. The molecule has 0 bridgehead atoms. The zero-order valence-corrected chi connectivity index (χ0v) is 16.8. The van der Waals surface area contributed by atoms with Crippen LogP contribution in [0, 0.1) is 0 Å². The predicted octanol–water partition coefficient (Wildman–Crippen LogP) is 1.16. The number of nitrogens with one attached hydrogen (secondary N) is 4. The number of carbonyl (C=O) groups is 3. The van der Waals surface area contributed by atoms with Crippen molar-refractivity contribution in [3.05, 3.63) is 90.4 Å². The monoisotopic (exact) mass is 429 g/mol. The Bertz CT molecular complexity index is 1240.